The Balaban J connectivity index is 2.28. The van der Waals surface area contributed by atoms with Crippen LogP contribution in [0.3, 0.4) is 0 Å². The van der Waals surface area contributed by atoms with Crippen molar-refractivity contribution >= 4 is 12.2 Å². The highest BCUT2D eigenvalue weighted by Crippen LogP contribution is 2.41. The fraction of sp³-hybridized carbons (Fsp3) is 0.250. The standard InChI is InChI=1S/C16H16BF3/c1-15(16(18,19)20)11-6-9-14(10-12-15)17(2)13-7-4-3-5-8-13/h3-12H,1-2H3. The van der Waals surface area contributed by atoms with Gasteiger partial charge in [0.25, 0.3) is 0 Å². The molecule has 0 amide bonds. The molecule has 1 aliphatic rings. The first-order chi connectivity index (χ1) is 9.33. The molecule has 0 spiro atoms. The van der Waals surface area contributed by atoms with Crippen LogP contribution in [0, 0.1) is 5.41 Å². The molecule has 0 bridgehead atoms. The molecule has 0 aliphatic heterocycles. The molecule has 0 aromatic heterocycles. The molecule has 0 heterocycles. The zero-order valence-electron chi connectivity index (χ0n) is 11.5. The molecule has 0 saturated heterocycles. The van der Waals surface area contributed by atoms with Crippen molar-refractivity contribution in [2.45, 2.75) is 19.9 Å². The number of allylic oxidation sites excluding steroid dienone is 6. The predicted octanol–water partition coefficient (Wildman–Crippen LogP) is 4.18. The lowest BCUT2D eigenvalue weighted by Crippen LogP contribution is -2.31. The molecule has 20 heavy (non-hydrogen) atoms. The molecule has 104 valence electrons. The lowest BCUT2D eigenvalue weighted by atomic mass is 9.42. The van der Waals surface area contributed by atoms with Crippen LogP contribution < -0.4 is 5.46 Å². The summed E-state index contributed by atoms with van der Waals surface area (Å²) in [5, 5.41) is 0. The minimum atomic E-state index is -4.28. The van der Waals surface area contributed by atoms with E-state index in [9.17, 15) is 13.2 Å². The van der Waals surface area contributed by atoms with Crippen molar-refractivity contribution < 1.29 is 13.2 Å². The van der Waals surface area contributed by atoms with E-state index in [2.05, 4.69) is 0 Å². The van der Waals surface area contributed by atoms with Gasteiger partial charge < -0.3 is 0 Å². The maximum atomic E-state index is 13.0. The van der Waals surface area contributed by atoms with Crippen LogP contribution in [-0.2, 0) is 0 Å². The van der Waals surface area contributed by atoms with E-state index < -0.39 is 11.6 Å². The second-order valence-electron chi connectivity index (χ2n) is 5.27. The van der Waals surface area contributed by atoms with Crippen molar-refractivity contribution in [1.82, 2.24) is 0 Å². The van der Waals surface area contributed by atoms with Crippen LogP contribution in [0.4, 0.5) is 13.2 Å². The van der Waals surface area contributed by atoms with Crippen LogP contribution in [0.2, 0.25) is 6.82 Å². The maximum Gasteiger partial charge on any atom is 0.400 e. The van der Waals surface area contributed by atoms with Gasteiger partial charge in [-0.1, -0.05) is 78.5 Å². The van der Waals surface area contributed by atoms with E-state index in [0.717, 1.165) is 10.9 Å². The number of hydrogen-bond donors (Lipinski definition) is 0. The SMILES string of the molecule is CB(C1=CC=CC(C)(C(F)(F)F)C=C1)c1ccccc1. The summed E-state index contributed by atoms with van der Waals surface area (Å²) in [4.78, 5) is 0. The summed E-state index contributed by atoms with van der Waals surface area (Å²) in [6, 6.07) is 9.76. The third kappa shape index (κ3) is 2.89. The fourth-order valence-corrected chi connectivity index (χ4v) is 2.15. The molecular weight excluding hydrogens is 260 g/mol. The van der Waals surface area contributed by atoms with Crippen LogP contribution in [0.1, 0.15) is 6.92 Å². The van der Waals surface area contributed by atoms with Crippen LogP contribution in [-0.4, -0.2) is 12.9 Å². The smallest absolute Gasteiger partial charge is 0.170 e. The summed E-state index contributed by atoms with van der Waals surface area (Å²) in [7, 11) is 0. The lowest BCUT2D eigenvalue weighted by Gasteiger charge is -2.24. The summed E-state index contributed by atoms with van der Waals surface area (Å²) in [6.07, 6.45) is 3.01. The molecule has 1 aromatic carbocycles. The second-order valence-corrected chi connectivity index (χ2v) is 5.27. The Labute approximate surface area is 117 Å². The average molecular weight is 276 g/mol. The van der Waals surface area contributed by atoms with E-state index in [4.69, 9.17) is 0 Å². The van der Waals surface area contributed by atoms with Crippen molar-refractivity contribution in [3.05, 3.63) is 66.2 Å². The molecule has 0 N–H and O–H groups in total. The quantitative estimate of drug-likeness (QED) is 0.711. The van der Waals surface area contributed by atoms with Crippen molar-refractivity contribution in [3.63, 3.8) is 0 Å². The van der Waals surface area contributed by atoms with Gasteiger partial charge >= 0.3 is 6.18 Å². The van der Waals surface area contributed by atoms with Gasteiger partial charge in [-0.25, -0.2) is 0 Å². The van der Waals surface area contributed by atoms with Crippen LogP contribution in [0.15, 0.2) is 66.2 Å². The summed E-state index contributed by atoms with van der Waals surface area (Å²) >= 11 is 0. The van der Waals surface area contributed by atoms with Gasteiger partial charge in [-0.05, 0) is 6.92 Å². The minimum Gasteiger partial charge on any atom is -0.170 e. The van der Waals surface area contributed by atoms with E-state index in [1.165, 1.54) is 25.2 Å². The Morgan fingerprint density at radius 3 is 2.30 bits per heavy atom. The first kappa shape index (κ1) is 14.7. The summed E-state index contributed by atoms with van der Waals surface area (Å²) in [5.74, 6) is 0. The molecule has 0 nitrogen and oxygen atoms in total. The maximum absolute atomic E-state index is 13.0. The second kappa shape index (κ2) is 5.35. The largest absolute Gasteiger partial charge is 0.400 e. The first-order valence-electron chi connectivity index (χ1n) is 6.54. The topological polar surface area (TPSA) is 0 Å². The Hall–Kier alpha value is -1.71. The van der Waals surface area contributed by atoms with E-state index in [1.807, 2.05) is 37.2 Å². The van der Waals surface area contributed by atoms with Gasteiger partial charge in [-0.3, -0.25) is 0 Å². The highest BCUT2D eigenvalue weighted by Gasteiger charge is 2.47. The zero-order valence-corrected chi connectivity index (χ0v) is 11.5. The van der Waals surface area contributed by atoms with Crippen molar-refractivity contribution in [1.29, 1.82) is 0 Å². The van der Waals surface area contributed by atoms with Crippen molar-refractivity contribution in [3.8, 4) is 0 Å². The van der Waals surface area contributed by atoms with Gasteiger partial charge in [0.15, 0.2) is 0 Å². The molecule has 1 aliphatic carbocycles. The summed E-state index contributed by atoms with van der Waals surface area (Å²) in [6.45, 7) is 3.24. The van der Waals surface area contributed by atoms with E-state index >= 15 is 0 Å². The highest BCUT2D eigenvalue weighted by molar-refractivity contribution is 6.79. The summed E-state index contributed by atoms with van der Waals surface area (Å²) in [5.41, 5.74) is 0.0645. The zero-order chi connectivity index (χ0) is 14.8. The minimum absolute atomic E-state index is 0.0627. The third-order valence-corrected chi connectivity index (χ3v) is 3.76. The molecule has 2 rings (SSSR count). The van der Waals surface area contributed by atoms with Gasteiger partial charge in [0, 0.05) is 0 Å². The predicted molar refractivity (Wildman–Crippen MR) is 78.2 cm³/mol. The highest BCUT2D eigenvalue weighted by atomic mass is 19.4. The fourth-order valence-electron chi connectivity index (χ4n) is 2.15. The van der Waals surface area contributed by atoms with Gasteiger partial charge in [0.2, 0.25) is 6.71 Å². The van der Waals surface area contributed by atoms with Gasteiger partial charge in [-0.2, -0.15) is 13.2 Å². The molecule has 1 aromatic rings. The molecular formula is C16H16BF3. The number of halogens is 3. The number of benzene rings is 1. The van der Waals surface area contributed by atoms with Crippen molar-refractivity contribution in [2.24, 2.45) is 5.41 Å². The monoisotopic (exact) mass is 276 g/mol. The number of alkyl halides is 3. The molecule has 0 fully saturated rings. The Morgan fingerprint density at radius 2 is 1.70 bits per heavy atom. The third-order valence-electron chi connectivity index (χ3n) is 3.76. The number of rotatable bonds is 2. The van der Waals surface area contributed by atoms with Crippen LogP contribution >= 0.6 is 0 Å². The normalized spacial score (nSPS) is 22.4. The average Bonchev–Trinajstić information content (AvgIpc) is 2.61. The Kier molecular flexibility index (Phi) is 3.93. The Morgan fingerprint density at radius 1 is 1.05 bits per heavy atom. The molecule has 1 unspecified atom stereocenters. The van der Waals surface area contributed by atoms with Gasteiger partial charge in [0.05, 0.1) is 5.41 Å². The number of hydrogen-bond acceptors (Lipinski definition) is 0. The van der Waals surface area contributed by atoms with Crippen molar-refractivity contribution in [2.75, 3.05) is 0 Å². The molecule has 1 atom stereocenters. The lowest BCUT2D eigenvalue weighted by molar-refractivity contribution is -0.183. The molecule has 4 heteroatoms. The van der Waals surface area contributed by atoms with Gasteiger partial charge in [-0.15, -0.1) is 0 Å². The van der Waals surface area contributed by atoms with Crippen LogP contribution in [0.5, 0.6) is 0 Å². The summed E-state index contributed by atoms with van der Waals surface area (Å²) < 4.78 is 39.1. The Bertz CT molecular complexity index is 555. The molecule has 0 radical (unpaired) electrons. The van der Waals surface area contributed by atoms with E-state index in [0.29, 0.717) is 0 Å². The van der Waals surface area contributed by atoms with E-state index in [1.54, 1.807) is 12.2 Å². The van der Waals surface area contributed by atoms with E-state index in [-0.39, 0.29) is 6.71 Å². The van der Waals surface area contributed by atoms with Gasteiger partial charge in [0.1, 0.15) is 0 Å². The van der Waals surface area contributed by atoms with Crippen LogP contribution in [0.25, 0.3) is 0 Å². The first-order valence-corrected chi connectivity index (χ1v) is 6.54. The molecule has 0 saturated carbocycles.